The molecule has 4 nitrogen and oxygen atoms in total. The van der Waals surface area contributed by atoms with Crippen LogP contribution in [0.25, 0.3) is 0 Å². The summed E-state index contributed by atoms with van der Waals surface area (Å²) in [5, 5.41) is 0. The minimum Gasteiger partial charge on any atom is -0.497 e. The van der Waals surface area contributed by atoms with Crippen LogP contribution in [0.2, 0.25) is 0 Å². The SMILES string of the molecule is C=CC[C@@H](C=C)N(Cc1ccc(OC)cc1)C(=O)OC(C)(C)C. The van der Waals surface area contributed by atoms with E-state index in [1.54, 1.807) is 24.2 Å². The van der Waals surface area contributed by atoms with Gasteiger partial charge in [0.25, 0.3) is 0 Å². The highest BCUT2D eigenvalue weighted by Gasteiger charge is 2.26. The summed E-state index contributed by atoms with van der Waals surface area (Å²) in [7, 11) is 1.62. The molecular weight excluding hydrogens is 290 g/mol. The van der Waals surface area contributed by atoms with Gasteiger partial charge in [0.15, 0.2) is 0 Å². The molecule has 0 aliphatic carbocycles. The second-order valence-electron chi connectivity index (χ2n) is 6.28. The van der Waals surface area contributed by atoms with E-state index in [-0.39, 0.29) is 12.1 Å². The minimum atomic E-state index is -0.546. The van der Waals surface area contributed by atoms with E-state index in [4.69, 9.17) is 9.47 Å². The van der Waals surface area contributed by atoms with Crippen molar-refractivity contribution in [1.82, 2.24) is 4.90 Å². The quantitative estimate of drug-likeness (QED) is 0.692. The van der Waals surface area contributed by atoms with Gasteiger partial charge in [-0.05, 0) is 44.9 Å². The molecule has 0 bridgehead atoms. The Morgan fingerprint density at radius 2 is 1.87 bits per heavy atom. The average Bonchev–Trinajstić information content (AvgIpc) is 2.49. The first-order valence-corrected chi connectivity index (χ1v) is 7.66. The highest BCUT2D eigenvalue weighted by atomic mass is 16.6. The molecule has 126 valence electrons. The number of rotatable bonds is 7. The number of benzene rings is 1. The van der Waals surface area contributed by atoms with Gasteiger partial charge in [0.05, 0.1) is 13.2 Å². The van der Waals surface area contributed by atoms with Crippen LogP contribution in [0.4, 0.5) is 4.79 Å². The van der Waals surface area contributed by atoms with Gasteiger partial charge in [0.2, 0.25) is 0 Å². The molecule has 0 saturated heterocycles. The molecule has 23 heavy (non-hydrogen) atoms. The number of nitrogens with zero attached hydrogens (tertiary/aromatic N) is 1. The number of methoxy groups -OCH3 is 1. The summed E-state index contributed by atoms with van der Waals surface area (Å²) < 4.78 is 10.7. The molecule has 1 aromatic carbocycles. The number of ether oxygens (including phenoxy) is 2. The number of hydrogen-bond acceptors (Lipinski definition) is 3. The minimum absolute atomic E-state index is 0.163. The Morgan fingerprint density at radius 3 is 2.30 bits per heavy atom. The molecule has 0 aromatic heterocycles. The van der Waals surface area contributed by atoms with E-state index in [1.165, 1.54) is 0 Å². The summed E-state index contributed by atoms with van der Waals surface area (Å²) in [6, 6.07) is 7.46. The zero-order valence-corrected chi connectivity index (χ0v) is 14.5. The van der Waals surface area contributed by atoms with Crippen molar-refractivity contribution in [3.05, 3.63) is 55.1 Å². The van der Waals surface area contributed by atoms with Crippen molar-refractivity contribution in [2.75, 3.05) is 7.11 Å². The van der Waals surface area contributed by atoms with Gasteiger partial charge in [0.1, 0.15) is 11.4 Å². The molecular formula is C19H27NO3. The molecule has 0 aliphatic heterocycles. The lowest BCUT2D eigenvalue weighted by Crippen LogP contribution is -2.42. The highest BCUT2D eigenvalue weighted by Crippen LogP contribution is 2.19. The van der Waals surface area contributed by atoms with Crippen LogP contribution in [0, 0.1) is 0 Å². The maximum absolute atomic E-state index is 12.6. The summed E-state index contributed by atoms with van der Waals surface area (Å²) in [5.74, 6) is 0.781. The van der Waals surface area contributed by atoms with Gasteiger partial charge < -0.3 is 9.47 Å². The molecule has 0 radical (unpaired) electrons. The maximum Gasteiger partial charge on any atom is 0.411 e. The summed E-state index contributed by atoms with van der Waals surface area (Å²) in [6.45, 7) is 13.6. The van der Waals surface area contributed by atoms with Gasteiger partial charge in [0, 0.05) is 6.54 Å². The largest absolute Gasteiger partial charge is 0.497 e. The predicted molar refractivity (Wildman–Crippen MR) is 93.6 cm³/mol. The first-order chi connectivity index (χ1) is 10.8. The Kier molecular flexibility index (Phi) is 6.89. The molecule has 0 N–H and O–H groups in total. The van der Waals surface area contributed by atoms with Crippen LogP contribution in [0.15, 0.2) is 49.6 Å². The molecule has 0 saturated carbocycles. The Hall–Kier alpha value is -2.23. The second kappa shape index (κ2) is 8.42. The fourth-order valence-corrected chi connectivity index (χ4v) is 2.09. The lowest BCUT2D eigenvalue weighted by molar-refractivity contribution is 0.0182. The Balaban J connectivity index is 2.99. The van der Waals surface area contributed by atoms with E-state index in [9.17, 15) is 4.79 Å². The lowest BCUT2D eigenvalue weighted by atomic mass is 10.1. The van der Waals surface area contributed by atoms with Crippen LogP contribution in [0.5, 0.6) is 5.75 Å². The smallest absolute Gasteiger partial charge is 0.411 e. The number of carbonyl (C=O) groups is 1. The van der Waals surface area contributed by atoms with Crippen LogP contribution < -0.4 is 4.74 Å². The highest BCUT2D eigenvalue weighted by molar-refractivity contribution is 5.69. The van der Waals surface area contributed by atoms with Crippen LogP contribution in [-0.2, 0) is 11.3 Å². The monoisotopic (exact) mass is 317 g/mol. The number of amides is 1. The fourth-order valence-electron chi connectivity index (χ4n) is 2.09. The van der Waals surface area contributed by atoms with Gasteiger partial charge >= 0.3 is 6.09 Å². The molecule has 0 spiro atoms. The summed E-state index contributed by atoms with van der Waals surface area (Å²) in [4.78, 5) is 14.2. The molecule has 0 fully saturated rings. The van der Waals surface area contributed by atoms with E-state index in [1.807, 2.05) is 45.0 Å². The van der Waals surface area contributed by atoms with Crippen LogP contribution in [0.3, 0.4) is 0 Å². The average molecular weight is 317 g/mol. The van der Waals surface area contributed by atoms with E-state index in [0.717, 1.165) is 11.3 Å². The van der Waals surface area contributed by atoms with Crippen molar-refractivity contribution >= 4 is 6.09 Å². The molecule has 1 aromatic rings. The van der Waals surface area contributed by atoms with Crippen LogP contribution >= 0.6 is 0 Å². The van der Waals surface area contributed by atoms with Gasteiger partial charge in [-0.3, -0.25) is 4.90 Å². The van der Waals surface area contributed by atoms with Crippen molar-refractivity contribution in [2.24, 2.45) is 0 Å². The normalized spacial score (nSPS) is 12.2. The molecule has 1 atom stereocenters. The zero-order chi connectivity index (χ0) is 17.5. The van der Waals surface area contributed by atoms with Crippen molar-refractivity contribution in [2.45, 2.75) is 45.4 Å². The molecule has 1 amide bonds. The standard InChI is InChI=1S/C19H27NO3/c1-7-9-16(8-2)20(18(21)23-19(3,4)5)14-15-10-12-17(22-6)13-11-15/h7-8,10-13,16H,1-2,9,14H2,3-6H3/t16-/m1/s1. The molecule has 0 heterocycles. The van der Waals surface area contributed by atoms with E-state index < -0.39 is 5.60 Å². The van der Waals surface area contributed by atoms with Crippen molar-refractivity contribution in [3.63, 3.8) is 0 Å². The van der Waals surface area contributed by atoms with E-state index in [2.05, 4.69) is 13.2 Å². The van der Waals surface area contributed by atoms with Gasteiger partial charge in [-0.1, -0.05) is 24.3 Å². The Labute approximate surface area is 139 Å². The predicted octanol–water partition coefficient (Wildman–Crippen LogP) is 4.56. The summed E-state index contributed by atoms with van der Waals surface area (Å²) in [6.07, 6.45) is 3.78. The topological polar surface area (TPSA) is 38.8 Å². The molecule has 0 unspecified atom stereocenters. The third kappa shape index (κ3) is 6.19. The van der Waals surface area contributed by atoms with E-state index in [0.29, 0.717) is 13.0 Å². The fraction of sp³-hybridized carbons (Fsp3) is 0.421. The van der Waals surface area contributed by atoms with Crippen LogP contribution in [0.1, 0.15) is 32.8 Å². The van der Waals surface area contributed by atoms with Gasteiger partial charge in [-0.25, -0.2) is 4.79 Å². The summed E-state index contributed by atoms with van der Waals surface area (Å²) in [5.41, 5.74) is 0.447. The molecule has 4 heteroatoms. The third-order valence-electron chi connectivity index (χ3n) is 3.22. The third-order valence-corrected chi connectivity index (χ3v) is 3.22. The molecule has 1 rings (SSSR count). The van der Waals surface area contributed by atoms with Crippen molar-refractivity contribution in [1.29, 1.82) is 0 Å². The first-order valence-electron chi connectivity index (χ1n) is 7.66. The molecule has 0 aliphatic rings. The first kappa shape index (κ1) is 18.8. The van der Waals surface area contributed by atoms with Crippen molar-refractivity contribution in [3.8, 4) is 5.75 Å². The van der Waals surface area contributed by atoms with Gasteiger partial charge in [-0.15, -0.1) is 13.2 Å². The zero-order valence-electron chi connectivity index (χ0n) is 14.5. The number of carbonyl (C=O) groups excluding carboxylic acids is 1. The van der Waals surface area contributed by atoms with Crippen LogP contribution in [-0.4, -0.2) is 29.7 Å². The second-order valence-corrected chi connectivity index (χ2v) is 6.28. The number of hydrogen-bond donors (Lipinski definition) is 0. The Morgan fingerprint density at radius 1 is 1.26 bits per heavy atom. The Bertz CT molecular complexity index is 529. The summed E-state index contributed by atoms with van der Waals surface area (Å²) >= 11 is 0. The van der Waals surface area contributed by atoms with Gasteiger partial charge in [-0.2, -0.15) is 0 Å². The maximum atomic E-state index is 12.6. The van der Waals surface area contributed by atoms with E-state index >= 15 is 0 Å². The van der Waals surface area contributed by atoms with Crippen molar-refractivity contribution < 1.29 is 14.3 Å². The lowest BCUT2D eigenvalue weighted by Gasteiger charge is -2.31.